The van der Waals surface area contributed by atoms with Crippen molar-refractivity contribution in [2.24, 2.45) is 5.92 Å². The van der Waals surface area contributed by atoms with Crippen LogP contribution in [0.4, 0.5) is 0 Å². The Labute approximate surface area is 96.9 Å². The fourth-order valence-electron chi connectivity index (χ4n) is 1.37. The molecule has 4 heteroatoms. The van der Waals surface area contributed by atoms with Gasteiger partial charge in [0.2, 0.25) is 0 Å². The molecule has 0 N–H and O–H groups in total. The highest BCUT2D eigenvalue weighted by Crippen LogP contribution is 2.20. The summed E-state index contributed by atoms with van der Waals surface area (Å²) in [6, 6.07) is 7.90. The van der Waals surface area contributed by atoms with Gasteiger partial charge in [0.15, 0.2) is 0 Å². The minimum absolute atomic E-state index is 0.474. The van der Waals surface area contributed by atoms with Gasteiger partial charge in [-0.1, -0.05) is 31.2 Å². The molecule has 78 valence electrons. The lowest BCUT2D eigenvalue weighted by atomic mass is 10.2. The molecule has 0 amide bonds. The minimum Gasteiger partial charge on any atom is -0.206 e. The van der Waals surface area contributed by atoms with Crippen molar-refractivity contribution in [1.82, 2.24) is 15.0 Å². The van der Waals surface area contributed by atoms with E-state index in [-0.39, 0.29) is 0 Å². The maximum absolute atomic E-state index is 4.10. The topological polar surface area (TPSA) is 30.7 Å². The zero-order valence-corrected chi connectivity index (χ0v) is 10.3. The van der Waals surface area contributed by atoms with Crippen LogP contribution in [0.3, 0.4) is 0 Å². The van der Waals surface area contributed by atoms with Crippen LogP contribution >= 0.6 is 15.9 Å². The average molecular weight is 266 g/mol. The predicted molar refractivity (Wildman–Crippen MR) is 65.6 cm³/mol. The SMILES string of the molecule is CC(C)/C=C(/Br)n1nnc2ccccc21. The van der Waals surface area contributed by atoms with Crippen LogP contribution in [0.15, 0.2) is 30.3 Å². The number of fused-ring (bicyclic) bond motifs is 1. The van der Waals surface area contributed by atoms with Crippen LogP contribution in [-0.2, 0) is 0 Å². The summed E-state index contributed by atoms with van der Waals surface area (Å²) in [5.41, 5.74) is 1.92. The first-order chi connectivity index (χ1) is 7.18. The van der Waals surface area contributed by atoms with E-state index in [2.05, 4.69) is 46.2 Å². The van der Waals surface area contributed by atoms with E-state index in [0.717, 1.165) is 15.6 Å². The predicted octanol–water partition coefficient (Wildman–Crippen LogP) is 3.28. The highest BCUT2D eigenvalue weighted by Gasteiger charge is 2.05. The monoisotopic (exact) mass is 265 g/mol. The van der Waals surface area contributed by atoms with Gasteiger partial charge in [0.1, 0.15) is 10.1 Å². The Balaban J connectivity index is 2.53. The number of para-hydroxylation sites is 1. The Hall–Kier alpha value is -1.16. The highest BCUT2D eigenvalue weighted by molar-refractivity contribution is 9.14. The van der Waals surface area contributed by atoms with Crippen LogP contribution in [0.25, 0.3) is 15.6 Å². The average Bonchev–Trinajstić information content (AvgIpc) is 2.59. The molecule has 0 bridgehead atoms. The van der Waals surface area contributed by atoms with Crippen molar-refractivity contribution < 1.29 is 0 Å². The summed E-state index contributed by atoms with van der Waals surface area (Å²) < 4.78 is 2.74. The number of halogens is 1. The van der Waals surface area contributed by atoms with E-state index in [4.69, 9.17) is 0 Å². The first kappa shape index (κ1) is 10.4. The third-order valence-electron chi connectivity index (χ3n) is 2.03. The van der Waals surface area contributed by atoms with Gasteiger partial charge in [-0.15, -0.1) is 5.10 Å². The number of allylic oxidation sites excluding steroid dienone is 1. The fraction of sp³-hybridized carbons (Fsp3) is 0.273. The second-order valence-corrected chi connectivity index (χ2v) is 4.54. The maximum Gasteiger partial charge on any atom is 0.113 e. The summed E-state index contributed by atoms with van der Waals surface area (Å²) in [4.78, 5) is 0. The molecule has 15 heavy (non-hydrogen) atoms. The molecule has 0 aliphatic carbocycles. The molecule has 0 atom stereocenters. The molecule has 0 saturated heterocycles. The largest absolute Gasteiger partial charge is 0.206 e. The molecule has 0 fully saturated rings. The van der Waals surface area contributed by atoms with E-state index < -0.39 is 0 Å². The second kappa shape index (κ2) is 4.14. The zero-order valence-electron chi connectivity index (χ0n) is 8.68. The number of nitrogens with zero attached hydrogens (tertiary/aromatic N) is 3. The van der Waals surface area contributed by atoms with Gasteiger partial charge in [-0.05, 0) is 40.1 Å². The van der Waals surface area contributed by atoms with Gasteiger partial charge in [-0.2, -0.15) is 0 Å². The van der Waals surface area contributed by atoms with Gasteiger partial charge in [-0.25, -0.2) is 4.68 Å². The van der Waals surface area contributed by atoms with Crippen LogP contribution in [0.5, 0.6) is 0 Å². The standard InChI is InChI=1S/C11H12BrN3/c1-8(2)7-11(12)15-10-6-4-3-5-9(10)13-14-15/h3-8H,1-2H3/b11-7-. The quantitative estimate of drug-likeness (QED) is 0.835. The lowest BCUT2D eigenvalue weighted by molar-refractivity contribution is 0.809. The Morgan fingerprint density at radius 3 is 2.87 bits per heavy atom. The Morgan fingerprint density at radius 2 is 2.13 bits per heavy atom. The highest BCUT2D eigenvalue weighted by atomic mass is 79.9. The fourth-order valence-corrected chi connectivity index (χ4v) is 2.16. The molecule has 0 aliphatic heterocycles. The Morgan fingerprint density at radius 1 is 1.40 bits per heavy atom. The van der Waals surface area contributed by atoms with Crippen LogP contribution < -0.4 is 0 Å². The number of rotatable bonds is 2. The molecule has 0 unspecified atom stereocenters. The Bertz CT molecular complexity index is 499. The second-order valence-electron chi connectivity index (χ2n) is 3.72. The molecule has 0 radical (unpaired) electrons. The van der Waals surface area contributed by atoms with Gasteiger partial charge in [-0.3, -0.25) is 0 Å². The molecular formula is C11H12BrN3. The molecule has 3 nitrogen and oxygen atoms in total. The number of hydrogen-bond donors (Lipinski definition) is 0. The summed E-state index contributed by atoms with van der Waals surface area (Å²) in [6.45, 7) is 4.25. The van der Waals surface area contributed by atoms with E-state index in [9.17, 15) is 0 Å². The summed E-state index contributed by atoms with van der Waals surface area (Å²) in [6.07, 6.45) is 2.10. The third-order valence-corrected chi connectivity index (χ3v) is 2.63. The smallest absolute Gasteiger partial charge is 0.113 e. The lowest BCUT2D eigenvalue weighted by Gasteiger charge is -2.01. The van der Waals surface area contributed by atoms with Crippen LogP contribution in [0.2, 0.25) is 0 Å². The maximum atomic E-state index is 4.10. The van der Waals surface area contributed by atoms with E-state index >= 15 is 0 Å². The van der Waals surface area contributed by atoms with Crippen molar-refractivity contribution in [2.75, 3.05) is 0 Å². The van der Waals surface area contributed by atoms with Crippen LogP contribution in [0.1, 0.15) is 13.8 Å². The van der Waals surface area contributed by atoms with Crippen molar-refractivity contribution >= 4 is 31.6 Å². The molecule has 2 rings (SSSR count). The molecule has 1 aromatic carbocycles. The molecule has 1 heterocycles. The van der Waals surface area contributed by atoms with Gasteiger partial charge in [0, 0.05) is 0 Å². The summed E-state index contributed by atoms with van der Waals surface area (Å²) in [5.74, 6) is 0.474. The van der Waals surface area contributed by atoms with E-state index in [0.29, 0.717) is 5.92 Å². The molecule has 0 saturated carbocycles. The third kappa shape index (κ3) is 2.09. The van der Waals surface area contributed by atoms with Crippen molar-refractivity contribution in [3.05, 3.63) is 30.3 Å². The van der Waals surface area contributed by atoms with Gasteiger partial charge in [0.25, 0.3) is 0 Å². The van der Waals surface area contributed by atoms with Crippen molar-refractivity contribution in [2.45, 2.75) is 13.8 Å². The van der Waals surface area contributed by atoms with E-state index in [1.165, 1.54) is 0 Å². The first-order valence-electron chi connectivity index (χ1n) is 4.86. The summed E-state index contributed by atoms with van der Waals surface area (Å²) in [5, 5.41) is 8.19. The van der Waals surface area contributed by atoms with E-state index in [1.807, 2.05) is 24.3 Å². The van der Waals surface area contributed by atoms with Crippen LogP contribution in [-0.4, -0.2) is 15.0 Å². The van der Waals surface area contributed by atoms with Gasteiger partial charge >= 0.3 is 0 Å². The normalized spacial score (nSPS) is 12.7. The molecule has 1 aromatic heterocycles. The molecule has 0 aliphatic rings. The van der Waals surface area contributed by atoms with E-state index in [1.54, 1.807) is 4.68 Å². The molecule has 0 spiro atoms. The van der Waals surface area contributed by atoms with Crippen LogP contribution in [0, 0.1) is 5.92 Å². The van der Waals surface area contributed by atoms with Gasteiger partial charge in [0.05, 0.1) is 5.52 Å². The number of aromatic nitrogens is 3. The minimum atomic E-state index is 0.474. The van der Waals surface area contributed by atoms with Crippen molar-refractivity contribution in [1.29, 1.82) is 0 Å². The lowest BCUT2D eigenvalue weighted by Crippen LogP contribution is -1.95. The number of hydrogen-bond acceptors (Lipinski definition) is 2. The van der Waals surface area contributed by atoms with Crippen molar-refractivity contribution in [3.8, 4) is 0 Å². The summed E-state index contributed by atoms with van der Waals surface area (Å²) in [7, 11) is 0. The molecule has 2 aromatic rings. The Kier molecular flexibility index (Phi) is 2.86. The molecular weight excluding hydrogens is 254 g/mol. The summed E-state index contributed by atoms with van der Waals surface area (Å²) >= 11 is 3.51. The first-order valence-corrected chi connectivity index (χ1v) is 5.66. The van der Waals surface area contributed by atoms with Gasteiger partial charge < -0.3 is 0 Å². The van der Waals surface area contributed by atoms with Crippen molar-refractivity contribution in [3.63, 3.8) is 0 Å². The number of benzene rings is 1. The zero-order chi connectivity index (χ0) is 10.8.